The van der Waals surface area contributed by atoms with Crippen molar-refractivity contribution >= 4 is 23.4 Å². The molecular weight excluding hydrogens is 332 g/mol. The molecule has 1 aliphatic rings. The standard InChI is InChI=1S/C24H30N2O/c1-7-26-23-12-16(2)20(13-22(23)17(3)14-24(26,5)6)15-25-21-10-8-19(9-11-21)18(4)27/h8-13,15,17H,7,14H2,1-6H3. The van der Waals surface area contributed by atoms with Crippen molar-refractivity contribution in [2.24, 2.45) is 4.99 Å². The fraction of sp³-hybridized carbons (Fsp3) is 0.417. The molecule has 0 fully saturated rings. The summed E-state index contributed by atoms with van der Waals surface area (Å²) in [6.45, 7) is 14.0. The minimum atomic E-state index is 0.0773. The number of aliphatic imine (C=N–C) groups is 1. The van der Waals surface area contributed by atoms with E-state index in [-0.39, 0.29) is 11.3 Å². The van der Waals surface area contributed by atoms with Gasteiger partial charge in [0.25, 0.3) is 0 Å². The molecule has 142 valence electrons. The number of benzene rings is 2. The van der Waals surface area contributed by atoms with Crippen LogP contribution in [0.2, 0.25) is 0 Å². The van der Waals surface area contributed by atoms with Gasteiger partial charge in [-0.2, -0.15) is 0 Å². The number of ketones is 1. The van der Waals surface area contributed by atoms with Gasteiger partial charge in [-0.15, -0.1) is 0 Å². The van der Waals surface area contributed by atoms with Gasteiger partial charge in [-0.25, -0.2) is 0 Å². The van der Waals surface area contributed by atoms with Crippen LogP contribution in [0.25, 0.3) is 0 Å². The van der Waals surface area contributed by atoms with E-state index < -0.39 is 0 Å². The predicted molar refractivity (Wildman–Crippen MR) is 115 cm³/mol. The Morgan fingerprint density at radius 2 is 1.93 bits per heavy atom. The summed E-state index contributed by atoms with van der Waals surface area (Å²) in [5, 5.41) is 0. The van der Waals surface area contributed by atoms with Gasteiger partial charge < -0.3 is 4.90 Å². The maximum atomic E-state index is 11.4. The van der Waals surface area contributed by atoms with Crippen LogP contribution in [0.3, 0.4) is 0 Å². The zero-order chi connectivity index (χ0) is 19.8. The Morgan fingerprint density at radius 1 is 1.26 bits per heavy atom. The first-order chi connectivity index (χ1) is 12.7. The van der Waals surface area contributed by atoms with Crippen molar-refractivity contribution in [3.05, 3.63) is 58.7 Å². The quantitative estimate of drug-likeness (QED) is 0.489. The number of fused-ring (bicyclic) bond motifs is 1. The second kappa shape index (κ2) is 7.30. The number of carbonyl (C=O) groups is 1. The number of aryl methyl sites for hydroxylation is 1. The second-order valence-corrected chi connectivity index (χ2v) is 8.29. The Morgan fingerprint density at radius 3 is 2.52 bits per heavy atom. The first kappa shape index (κ1) is 19.3. The number of carbonyl (C=O) groups excluding carboxylic acids is 1. The lowest BCUT2D eigenvalue weighted by atomic mass is 9.79. The highest BCUT2D eigenvalue weighted by molar-refractivity contribution is 5.94. The minimum absolute atomic E-state index is 0.0773. The summed E-state index contributed by atoms with van der Waals surface area (Å²) in [7, 11) is 0. The summed E-state index contributed by atoms with van der Waals surface area (Å²) in [5.74, 6) is 0.605. The van der Waals surface area contributed by atoms with E-state index in [0.717, 1.165) is 29.8 Å². The van der Waals surface area contributed by atoms with Crippen LogP contribution < -0.4 is 4.90 Å². The maximum absolute atomic E-state index is 11.4. The van der Waals surface area contributed by atoms with Crippen molar-refractivity contribution < 1.29 is 4.79 Å². The summed E-state index contributed by atoms with van der Waals surface area (Å²) in [6.07, 6.45) is 3.10. The van der Waals surface area contributed by atoms with Crippen LogP contribution >= 0.6 is 0 Å². The van der Waals surface area contributed by atoms with Crippen molar-refractivity contribution in [2.45, 2.75) is 59.4 Å². The largest absolute Gasteiger partial charge is 0.366 e. The molecule has 0 radical (unpaired) electrons. The number of hydrogen-bond acceptors (Lipinski definition) is 3. The lowest BCUT2D eigenvalue weighted by molar-refractivity contribution is 0.101. The zero-order valence-corrected chi connectivity index (χ0v) is 17.3. The molecule has 1 unspecified atom stereocenters. The molecule has 3 rings (SSSR count). The molecule has 0 saturated carbocycles. The van der Waals surface area contributed by atoms with E-state index in [2.05, 4.69) is 56.6 Å². The Labute approximate surface area is 163 Å². The third kappa shape index (κ3) is 3.83. The fourth-order valence-electron chi connectivity index (χ4n) is 4.31. The molecule has 27 heavy (non-hydrogen) atoms. The van der Waals surface area contributed by atoms with E-state index in [1.54, 1.807) is 6.92 Å². The molecule has 0 spiro atoms. The molecule has 0 saturated heterocycles. The SMILES string of the molecule is CCN1c2cc(C)c(C=Nc3ccc(C(C)=O)cc3)cc2C(C)CC1(C)C. The lowest BCUT2D eigenvalue weighted by Gasteiger charge is -2.47. The Hall–Kier alpha value is -2.42. The average Bonchev–Trinajstić information content (AvgIpc) is 2.60. The third-order valence-corrected chi connectivity index (χ3v) is 5.72. The van der Waals surface area contributed by atoms with Gasteiger partial charge in [-0.05, 0) is 100 Å². The first-order valence-electron chi connectivity index (χ1n) is 9.80. The number of nitrogens with zero attached hydrogens (tertiary/aromatic N) is 2. The van der Waals surface area contributed by atoms with Crippen LogP contribution in [0.1, 0.15) is 74.0 Å². The van der Waals surface area contributed by atoms with Gasteiger partial charge in [0.15, 0.2) is 5.78 Å². The molecule has 1 heterocycles. The van der Waals surface area contributed by atoms with E-state index in [4.69, 9.17) is 0 Å². The van der Waals surface area contributed by atoms with Crippen molar-refractivity contribution in [3.63, 3.8) is 0 Å². The van der Waals surface area contributed by atoms with Crippen LogP contribution in [0, 0.1) is 6.92 Å². The van der Waals surface area contributed by atoms with Crippen molar-refractivity contribution in [1.29, 1.82) is 0 Å². The molecule has 3 heteroatoms. The van der Waals surface area contributed by atoms with Crippen molar-refractivity contribution in [3.8, 4) is 0 Å². The van der Waals surface area contributed by atoms with Gasteiger partial charge in [0.05, 0.1) is 5.69 Å². The molecule has 2 aromatic rings. The van der Waals surface area contributed by atoms with Crippen molar-refractivity contribution in [1.82, 2.24) is 0 Å². The molecular formula is C24H30N2O. The summed E-state index contributed by atoms with van der Waals surface area (Å²) in [6, 6.07) is 12.1. The van der Waals surface area contributed by atoms with Crippen LogP contribution in [0.4, 0.5) is 11.4 Å². The Bertz CT molecular complexity index is 878. The highest BCUT2D eigenvalue weighted by Crippen LogP contribution is 2.44. The zero-order valence-electron chi connectivity index (χ0n) is 17.3. The highest BCUT2D eigenvalue weighted by Gasteiger charge is 2.35. The van der Waals surface area contributed by atoms with Gasteiger partial charge in [-0.1, -0.05) is 6.92 Å². The molecule has 0 aliphatic carbocycles. The second-order valence-electron chi connectivity index (χ2n) is 8.29. The van der Waals surface area contributed by atoms with Gasteiger partial charge >= 0.3 is 0 Å². The number of hydrogen-bond donors (Lipinski definition) is 0. The Kier molecular flexibility index (Phi) is 5.23. The number of rotatable bonds is 4. The Balaban J connectivity index is 1.94. The monoisotopic (exact) mass is 362 g/mol. The van der Waals surface area contributed by atoms with Crippen LogP contribution in [0.5, 0.6) is 0 Å². The van der Waals surface area contributed by atoms with Gasteiger partial charge in [0.2, 0.25) is 0 Å². The van der Waals surface area contributed by atoms with Gasteiger partial charge in [0, 0.05) is 29.5 Å². The van der Waals surface area contributed by atoms with E-state index in [1.807, 2.05) is 30.5 Å². The van der Waals surface area contributed by atoms with E-state index in [1.165, 1.54) is 16.8 Å². The topological polar surface area (TPSA) is 32.7 Å². The van der Waals surface area contributed by atoms with Crippen LogP contribution in [-0.2, 0) is 0 Å². The smallest absolute Gasteiger partial charge is 0.159 e. The molecule has 0 N–H and O–H groups in total. The number of anilines is 1. The van der Waals surface area contributed by atoms with Crippen molar-refractivity contribution in [2.75, 3.05) is 11.4 Å². The summed E-state index contributed by atoms with van der Waals surface area (Å²) in [4.78, 5) is 18.6. The third-order valence-electron chi connectivity index (χ3n) is 5.72. The molecule has 1 aliphatic heterocycles. The van der Waals surface area contributed by atoms with Crippen LogP contribution in [-0.4, -0.2) is 24.1 Å². The molecule has 0 aromatic heterocycles. The highest BCUT2D eigenvalue weighted by atomic mass is 16.1. The minimum Gasteiger partial charge on any atom is -0.366 e. The molecule has 3 nitrogen and oxygen atoms in total. The normalized spacial score (nSPS) is 18.6. The van der Waals surface area contributed by atoms with E-state index in [0.29, 0.717) is 5.92 Å². The predicted octanol–water partition coefficient (Wildman–Crippen LogP) is 6.06. The molecule has 1 atom stereocenters. The number of Topliss-reactive ketones (excluding diaryl/α,β-unsaturated/α-hetero) is 1. The van der Waals surface area contributed by atoms with E-state index in [9.17, 15) is 4.79 Å². The average molecular weight is 363 g/mol. The molecule has 2 aromatic carbocycles. The fourth-order valence-corrected chi connectivity index (χ4v) is 4.31. The lowest BCUT2D eigenvalue weighted by Crippen LogP contribution is -2.48. The van der Waals surface area contributed by atoms with E-state index >= 15 is 0 Å². The van der Waals surface area contributed by atoms with Gasteiger partial charge in [0.1, 0.15) is 0 Å². The first-order valence-corrected chi connectivity index (χ1v) is 9.80. The molecule has 0 bridgehead atoms. The molecule has 0 amide bonds. The summed E-state index contributed by atoms with van der Waals surface area (Å²) < 4.78 is 0. The maximum Gasteiger partial charge on any atom is 0.159 e. The van der Waals surface area contributed by atoms with Crippen LogP contribution in [0.15, 0.2) is 41.4 Å². The summed E-state index contributed by atoms with van der Waals surface area (Å²) >= 11 is 0. The van der Waals surface area contributed by atoms with Gasteiger partial charge in [-0.3, -0.25) is 9.79 Å². The summed E-state index contributed by atoms with van der Waals surface area (Å²) in [5.41, 5.74) is 6.93.